The number of amides is 2. The zero-order chi connectivity index (χ0) is 25.2. The van der Waals surface area contributed by atoms with Crippen molar-refractivity contribution in [2.24, 2.45) is 0 Å². The van der Waals surface area contributed by atoms with Gasteiger partial charge in [-0.05, 0) is 60.9 Å². The number of hydrogen-bond acceptors (Lipinski definition) is 6. The van der Waals surface area contributed by atoms with Crippen LogP contribution in [0.5, 0.6) is 11.5 Å². The number of anilines is 2. The molecule has 3 aromatic rings. The average molecular weight is 477 g/mol. The fourth-order valence-corrected chi connectivity index (χ4v) is 3.35. The molecule has 0 saturated carbocycles. The number of nitrogens with one attached hydrogen (secondary N) is 2. The number of methoxy groups -OCH3 is 2. The maximum atomic E-state index is 12.6. The summed E-state index contributed by atoms with van der Waals surface area (Å²) in [6.07, 6.45) is 0.765. The fraction of sp³-hybridized carbons (Fsp3) is 0.222. The Morgan fingerprint density at radius 3 is 2.23 bits per heavy atom. The highest BCUT2D eigenvalue weighted by Gasteiger charge is 2.17. The topological polar surface area (TPSA) is 103 Å². The Bertz CT molecular complexity index is 1190. The first kappa shape index (κ1) is 25.3. The van der Waals surface area contributed by atoms with Crippen LogP contribution in [-0.4, -0.2) is 38.6 Å². The maximum absolute atomic E-state index is 12.6. The smallest absolute Gasteiger partial charge is 0.340 e. The predicted molar refractivity (Wildman–Crippen MR) is 133 cm³/mol. The van der Waals surface area contributed by atoms with Crippen LogP contribution in [0.3, 0.4) is 0 Å². The summed E-state index contributed by atoms with van der Waals surface area (Å²) in [6, 6.07) is 19.3. The van der Waals surface area contributed by atoms with Crippen LogP contribution in [0.2, 0.25) is 0 Å². The highest BCUT2D eigenvalue weighted by molar-refractivity contribution is 6.02. The lowest BCUT2D eigenvalue weighted by Gasteiger charge is -2.13. The van der Waals surface area contributed by atoms with Crippen LogP contribution in [0.25, 0.3) is 0 Å². The number of para-hydroxylation sites is 1. The van der Waals surface area contributed by atoms with E-state index in [0.29, 0.717) is 23.5 Å². The maximum Gasteiger partial charge on any atom is 0.340 e. The lowest BCUT2D eigenvalue weighted by Crippen LogP contribution is -2.22. The standard InChI is InChI=1S/C27H28N2O6/c1-18-8-14-24(34-3)23(16-18)29-26(31)17-35-27(32)21-6-4-5-7-22(21)28-25(30)15-11-19-9-12-20(33-2)13-10-19/h4-10,12-14,16H,11,15,17H2,1-3H3,(H,28,30)(H,29,31). The second kappa shape index (κ2) is 12.2. The van der Waals surface area contributed by atoms with Crippen LogP contribution in [0.15, 0.2) is 66.7 Å². The molecule has 0 aliphatic carbocycles. The molecule has 3 rings (SSSR count). The molecule has 2 N–H and O–H groups in total. The average Bonchev–Trinajstić information content (AvgIpc) is 2.87. The van der Waals surface area contributed by atoms with E-state index in [2.05, 4.69) is 10.6 Å². The summed E-state index contributed by atoms with van der Waals surface area (Å²) in [5, 5.41) is 5.43. The van der Waals surface area contributed by atoms with Crippen molar-refractivity contribution in [3.8, 4) is 11.5 Å². The Morgan fingerprint density at radius 1 is 0.800 bits per heavy atom. The van der Waals surface area contributed by atoms with Crippen molar-refractivity contribution in [1.82, 2.24) is 0 Å². The summed E-state index contributed by atoms with van der Waals surface area (Å²) in [4.78, 5) is 37.4. The van der Waals surface area contributed by atoms with E-state index in [4.69, 9.17) is 14.2 Å². The summed E-state index contributed by atoms with van der Waals surface area (Å²) < 4.78 is 15.6. The first-order valence-corrected chi connectivity index (χ1v) is 11.0. The number of carbonyl (C=O) groups is 3. The minimum Gasteiger partial charge on any atom is -0.497 e. The van der Waals surface area contributed by atoms with Gasteiger partial charge in [0.25, 0.3) is 5.91 Å². The van der Waals surface area contributed by atoms with Gasteiger partial charge in [0.05, 0.1) is 31.2 Å². The number of esters is 1. The highest BCUT2D eigenvalue weighted by Crippen LogP contribution is 2.25. The molecule has 0 bridgehead atoms. The van der Waals surface area contributed by atoms with E-state index in [-0.39, 0.29) is 17.9 Å². The molecule has 182 valence electrons. The minimum atomic E-state index is -0.720. The van der Waals surface area contributed by atoms with Crippen LogP contribution in [0, 0.1) is 6.92 Å². The molecule has 0 spiro atoms. The van der Waals surface area contributed by atoms with Crippen LogP contribution >= 0.6 is 0 Å². The highest BCUT2D eigenvalue weighted by atomic mass is 16.5. The third kappa shape index (κ3) is 7.33. The fourth-order valence-electron chi connectivity index (χ4n) is 3.35. The Hall–Kier alpha value is -4.33. The lowest BCUT2D eigenvalue weighted by atomic mass is 10.1. The Morgan fingerprint density at radius 2 is 1.51 bits per heavy atom. The van der Waals surface area contributed by atoms with Crippen molar-refractivity contribution in [3.05, 3.63) is 83.4 Å². The quantitative estimate of drug-likeness (QED) is 0.421. The molecular formula is C27H28N2O6. The van der Waals surface area contributed by atoms with Gasteiger partial charge in [0, 0.05) is 6.42 Å². The van der Waals surface area contributed by atoms with Gasteiger partial charge in [-0.15, -0.1) is 0 Å². The first-order valence-electron chi connectivity index (χ1n) is 11.0. The summed E-state index contributed by atoms with van der Waals surface area (Å²) >= 11 is 0. The monoisotopic (exact) mass is 476 g/mol. The number of rotatable bonds is 10. The van der Waals surface area contributed by atoms with Gasteiger partial charge in [-0.2, -0.15) is 0 Å². The molecule has 35 heavy (non-hydrogen) atoms. The Kier molecular flexibility index (Phi) is 8.83. The summed E-state index contributed by atoms with van der Waals surface area (Å²) in [7, 11) is 3.10. The second-order valence-corrected chi connectivity index (χ2v) is 7.77. The SMILES string of the molecule is COc1ccc(CCC(=O)Nc2ccccc2C(=O)OCC(=O)Nc2cc(C)ccc2OC)cc1. The number of ether oxygens (including phenoxy) is 3. The summed E-state index contributed by atoms with van der Waals surface area (Å²) in [6.45, 7) is 1.40. The Labute approximate surface area is 204 Å². The molecule has 0 fully saturated rings. The lowest BCUT2D eigenvalue weighted by molar-refractivity contribution is -0.119. The third-order valence-corrected chi connectivity index (χ3v) is 5.18. The van der Waals surface area contributed by atoms with Gasteiger partial charge in [0.1, 0.15) is 11.5 Å². The molecule has 0 radical (unpaired) electrons. The molecule has 2 amide bonds. The van der Waals surface area contributed by atoms with Gasteiger partial charge in [0.15, 0.2) is 6.61 Å². The van der Waals surface area contributed by atoms with E-state index in [1.807, 2.05) is 37.3 Å². The van der Waals surface area contributed by atoms with E-state index in [1.165, 1.54) is 13.2 Å². The molecule has 0 atom stereocenters. The number of aryl methyl sites for hydroxylation is 2. The molecule has 0 unspecified atom stereocenters. The summed E-state index contributed by atoms with van der Waals surface area (Å²) in [5.41, 5.74) is 2.89. The van der Waals surface area contributed by atoms with Crippen LogP contribution < -0.4 is 20.1 Å². The molecule has 0 aromatic heterocycles. The van der Waals surface area contributed by atoms with E-state index in [1.54, 1.807) is 37.4 Å². The largest absolute Gasteiger partial charge is 0.497 e. The van der Waals surface area contributed by atoms with Crippen molar-refractivity contribution < 1.29 is 28.6 Å². The van der Waals surface area contributed by atoms with Crippen molar-refractivity contribution in [2.45, 2.75) is 19.8 Å². The molecule has 3 aromatic carbocycles. The normalized spacial score (nSPS) is 10.3. The van der Waals surface area contributed by atoms with Crippen molar-refractivity contribution in [3.63, 3.8) is 0 Å². The second-order valence-electron chi connectivity index (χ2n) is 7.77. The zero-order valence-corrected chi connectivity index (χ0v) is 19.9. The van der Waals surface area contributed by atoms with Crippen LogP contribution in [0.1, 0.15) is 27.9 Å². The molecule has 0 aliphatic heterocycles. The van der Waals surface area contributed by atoms with Crippen molar-refractivity contribution in [2.75, 3.05) is 31.5 Å². The van der Waals surface area contributed by atoms with Gasteiger partial charge in [0.2, 0.25) is 5.91 Å². The van der Waals surface area contributed by atoms with E-state index in [9.17, 15) is 14.4 Å². The number of benzene rings is 3. The van der Waals surface area contributed by atoms with Gasteiger partial charge < -0.3 is 24.8 Å². The van der Waals surface area contributed by atoms with E-state index >= 15 is 0 Å². The van der Waals surface area contributed by atoms with Gasteiger partial charge in [-0.25, -0.2) is 4.79 Å². The van der Waals surface area contributed by atoms with Gasteiger partial charge in [-0.1, -0.05) is 30.3 Å². The third-order valence-electron chi connectivity index (χ3n) is 5.18. The van der Waals surface area contributed by atoms with Crippen LogP contribution in [-0.2, 0) is 20.7 Å². The van der Waals surface area contributed by atoms with Crippen molar-refractivity contribution >= 4 is 29.2 Å². The molecule has 0 saturated heterocycles. The van der Waals surface area contributed by atoms with Gasteiger partial charge >= 0.3 is 5.97 Å². The zero-order valence-electron chi connectivity index (χ0n) is 19.9. The van der Waals surface area contributed by atoms with Crippen LogP contribution in [0.4, 0.5) is 11.4 Å². The summed E-state index contributed by atoms with van der Waals surface area (Å²) in [5.74, 6) is -0.230. The van der Waals surface area contributed by atoms with E-state index in [0.717, 1.165) is 16.9 Å². The molecule has 0 heterocycles. The minimum absolute atomic E-state index is 0.159. The molecule has 8 nitrogen and oxygen atoms in total. The predicted octanol–water partition coefficient (Wildman–Crippen LogP) is 4.38. The molecular weight excluding hydrogens is 448 g/mol. The molecule has 0 aliphatic rings. The van der Waals surface area contributed by atoms with E-state index < -0.39 is 18.5 Å². The Balaban J connectivity index is 1.55. The number of carbonyl (C=O) groups excluding carboxylic acids is 3. The number of hydrogen-bond donors (Lipinski definition) is 2. The molecule has 8 heteroatoms. The van der Waals surface area contributed by atoms with Gasteiger partial charge in [-0.3, -0.25) is 9.59 Å². The first-order chi connectivity index (χ1) is 16.9. The van der Waals surface area contributed by atoms with Crippen molar-refractivity contribution in [1.29, 1.82) is 0 Å².